The molecule has 13 heteroatoms. The van der Waals surface area contributed by atoms with Crippen molar-refractivity contribution in [2.24, 2.45) is 20.4 Å². The first-order chi connectivity index (χ1) is 26.2. The zero-order chi connectivity index (χ0) is 39.9. The lowest BCUT2D eigenvalue weighted by atomic mass is 9.68. The summed E-state index contributed by atoms with van der Waals surface area (Å²) in [6.07, 6.45) is 10.2. The average molecular weight is 749 g/mol. The highest BCUT2D eigenvalue weighted by molar-refractivity contribution is 6.19. The van der Waals surface area contributed by atoms with E-state index in [1.807, 2.05) is 58.1 Å². The van der Waals surface area contributed by atoms with Gasteiger partial charge in [-0.15, -0.1) is 0 Å². The summed E-state index contributed by atoms with van der Waals surface area (Å²) in [6, 6.07) is 0. The maximum Gasteiger partial charge on any atom is 0.335 e. The topological polar surface area (TPSA) is 175 Å². The number of carbonyl (C=O) groups excluding carboxylic acids is 4. The lowest BCUT2D eigenvalue weighted by Gasteiger charge is -2.33. The highest BCUT2D eigenvalue weighted by atomic mass is 16.5. The van der Waals surface area contributed by atoms with Crippen LogP contribution in [0.2, 0.25) is 0 Å². The van der Waals surface area contributed by atoms with Gasteiger partial charge in [-0.1, -0.05) is 6.08 Å². The van der Waals surface area contributed by atoms with Crippen LogP contribution in [-0.4, -0.2) is 74.6 Å². The van der Waals surface area contributed by atoms with Gasteiger partial charge >= 0.3 is 23.9 Å². The minimum Gasteiger partial charge on any atom is -0.512 e. The smallest absolute Gasteiger partial charge is 0.335 e. The van der Waals surface area contributed by atoms with Crippen molar-refractivity contribution in [3.05, 3.63) is 115 Å². The number of nitrogens with zero attached hydrogens (tertiary/aromatic N) is 3. The summed E-state index contributed by atoms with van der Waals surface area (Å²) in [7, 11) is 5.22. The summed E-state index contributed by atoms with van der Waals surface area (Å²) in [5.74, 6) is -2.02. The van der Waals surface area contributed by atoms with Gasteiger partial charge in [-0.05, 0) is 112 Å². The second-order valence-corrected chi connectivity index (χ2v) is 13.9. The van der Waals surface area contributed by atoms with E-state index < -0.39 is 17.4 Å². The van der Waals surface area contributed by atoms with Gasteiger partial charge in [-0.2, -0.15) is 0 Å². The van der Waals surface area contributed by atoms with Crippen molar-refractivity contribution in [1.82, 2.24) is 5.32 Å². The van der Waals surface area contributed by atoms with Crippen LogP contribution >= 0.6 is 0 Å². The first-order valence-corrected chi connectivity index (χ1v) is 17.9. The van der Waals surface area contributed by atoms with Gasteiger partial charge in [-0.3, -0.25) is 9.59 Å². The first-order valence-electron chi connectivity index (χ1n) is 17.9. The Labute approximate surface area is 319 Å². The number of methoxy groups -OCH3 is 4. The Morgan fingerprint density at radius 3 is 1.98 bits per heavy atom. The lowest BCUT2D eigenvalue weighted by Crippen LogP contribution is -2.33. The van der Waals surface area contributed by atoms with Crippen molar-refractivity contribution in [2.75, 3.05) is 28.4 Å². The molecule has 1 unspecified atom stereocenters. The summed E-state index contributed by atoms with van der Waals surface area (Å²) >= 11 is 0. The quantitative estimate of drug-likeness (QED) is 0.167. The zero-order valence-corrected chi connectivity index (χ0v) is 32.5. The zero-order valence-electron chi connectivity index (χ0n) is 32.5. The summed E-state index contributed by atoms with van der Waals surface area (Å²) in [5.41, 5.74) is 8.76. The fourth-order valence-electron chi connectivity index (χ4n) is 7.86. The van der Waals surface area contributed by atoms with Crippen molar-refractivity contribution in [3.8, 4) is 0 Å². The van der Waals surface area contributed by atoms with Gasteiger partial charge in [-0.25, -0.2) is 24.6 Å². The number of nitrogens with one attached hydrogen (secondary N) is 1. The molecule has 13 nitrogen and oxygen atoms in total. The van der Waals surface area contributed by atoms with Crippen LogP contribution < -0.4 is 5.32 Å². The highest BCUT2D eigenvalue weighted by Gasteiger charge is 2.52. The minimum absolute atomic E-state index is 0.0694. The van der Waals surface area contributed by atoms with Crippen LogP contribution in [0.5, 0.6) is 0 Å². The number of rotatable bonds is 8. The van der Waals surface area contributed by atoms with Crippen LogP contribution in [0.15, 0.2) is 130 Å². The Kier molecular flexibility index (Phi) is 10.5. The molecule has 0 aromatic carbocycles. The van der Waals surface area contributed by atoms with Crippen molar-refractivity contribution in [3.63, 3.8) is 0 Å². The Bertz CT molecular complexity index is 2270. The van der Waals surface area contributed by atoms with Gasteiger partial charge in [0, 0.05) is 29.8 Å². The number of allylic oxidation sites excluding steroid dienone is 14. The van der Waals surface area contributed by atoms with E-state index in [2.05, 4.69) is 5.32 Å². The molecular formula is C42H44N4O9. The molecule has 1 fully saturated rings. The number of aliphatic hydroxyl groups excluding tert-OH is 1. The number of carbonyl (C=O) groups is 4. The predicted octanol–water partition coefficient (Wildman–Crippen LogP) is 6.13. The molecule has 1 saturated heterocycles. The van der Waals surface area contributed by atoms with Gasteiger partial charge in [0.25, 0.3) is 0 Å². The molecule has 1 aliphatic carbocycles. The standard InChI is InChI=1S/C42H44N4O9/c1-20-24(11-14-36(48)52-6)31-18-32-25(12-15-37(49)53-7)21(2)30(44-32)19-35-42(5)27(13-10-26(40(50)54-8)39(42)41(51)55-9)33(46-35)16-29-22(3)38(23(4)47)34(45-29)17-28(20)43-31/h13,16-19,46-47H,10-12,14-15H2,1-9H3/b28-17?,32-18?,33-16?,35-19?,38-23+. The van der Waals surface area contributed by atoms with Crippen LogP contribution in [0.25, 0.3) is 0 Å². The van der Waals surface area contributed by atoms with Gasteiger partial charge < -0.3 is 29.4 Å². The van der Waals surface area contributed by atoms with Gasteiger partial charge in [0.05, 0.1) is 85.0 Å². The average Bonchev–Trinajstić information content (AvgIpc) is 3.82. The SMILES string of the molecule is COC(=O)CCC1=C(C)C2=NC1=CC1=NC(=CC3=NC(=C(C)/C3=C(/C)O)C=C3NC(=C2)C2(C)C3=CCC(C(=O)OC)=C2C(=O)OC)C(C)=C1CCC(=O)OC. The third-order valence-electron chi connectivity index (χ3n) is 10.9. The van der Waals surface area contributed by atoms with Crippen LogP contribution in [-0.2, 0) is 38.1 Å². The van der Waals surface area contributed by atoms with Crippen LogP contribution in [0.4, 0.5) is 0 Å². The third-order valence-corrected chi connectivity index (χ3v) is 10.9. The molecule has 0 saturated carbocycles. The van der Waals surface area contributed by atoms with Crippen LogP contribution in [0, 0.1) is 5.41 Å². The van der Waals surface area contributed by atoms with E-state index in [1.54, 1.807) is 6.92 Å². The molecule has 8 bridgehead atoms. The molecule has 5 aliphatic heterocycles. The molecular weight excluding hydrogens is 704 g/mol. The maximum atomic E-state index is 13.7. The monoisotopic (exact) mass is 748 g/mol. The number of aliphatic imine (C=N–C) groups is 3. The predicted molar refractivity (Wildman–Crippen MR) is 206 cm³/mol. The number of hydrogen-bond donors (Lipinski definition) is 2. The Morgan fingerprint density at radius 1 is 0.745 bits per heavy atom. The van der Waals surface area contributed by atoms with E-state index in [-0.39, 0.29) is 48.1 Å². The van der Waals surface area contributed by atoms with Crippen molar-refractivity contribution < 1.29 is 43.2 Å². The second kappa shape index (κ2) is 15.0. The molecule has 1 atom stereocenters. The number of ether oxygens (including phenoxy) is 4. The Morgan fingerprint density at radius 2 is 1.36 bits per heavy atom. The molecule has 2 N–H and O–H groups in total. The van der Waals surface area contributed by atoms with Gasteiger partial charge in [0.15, 0.2) is 0 Å². The molecule has 0 aromatic rings. The molecule has 55 heavy (non-hydrogen) atoms. The van der Waals surface area contributed by atoms with Crippen molar-refractivity contribution >= 4 is 41.0 Å². The summed E-state index contributed by atoms with van der Waals surface area (Å²) < 4.78 is 20.3. The number of fused-ring (bicyclic) bond motifs is 8. The first kappa shape index (κ1) is 38.6. The Balaban J connectivity index is 1.67. The number of aliphatic hydroxyl groups is 1. The number of hydrogen-bond acceptors (Lipinski definition) is 13. The van der Waals surface area contributed by atoms with E-state index in [4.69, 9.17) is 33.9 Å². The molecule has 0 amide bonds. The van der Waals surface area contributed by atoms with E-state index >= 15 is 0 Å². The third kappa shape index (κ3) is 6.68. The molecule has 0 spiro atoms. The van der Waals surface area contributed by atoms with E-state index in [0.717, 1.165) is 22.3 Å². The van der Waals surface area contributed by atoms with Gasteiger partial charge in [0.1, 0.15) is 0 Å². The van der Waals surface area contributed by atoms with E-state index in [9.17, 15) is 24.3 Å². The molecule has 0 radical (unpaired) electrons. The fourth-order valence-corrected chi connectivity index (χ4v) is 7.86. The molecule has 5 heterocycles. The van der Waals surface area contributed by atoms with Crippen molar-refractivity contribution in [1.29, 1.82) is 0 Å². The normalized spacial score (nSPS) is 22.4. The summed E-state index contributed by atoms with van der Waals surface area (Å²) in [6.45, 7) is 9.15. The molecule has 6 aliphatic rings. The largest absolute Gasteiger partial charge is 0.512 e. The van der Waals surface area contributed by atoms with Crippen molar-refractivity contribution in [2.45, 2.75) is 66.7 Å². The summed E-state index contributed by atoms with van der Waals surface area (Å²) in [4.78, 5) is 66.7. The molecule has 0 aromatic heterocycles. The van der Waals surface area contributed by atoms with Crippen LogP contribution in [0.3, 0.4) is 0 Å². The molecule has 6 rings (SSSR count). The Hall–Kier alpha value is -6.11. The summed E-state index contributed by atoms with van der Waals surface area (Å²) in [5, 5.41) is 14.5. The minimum atomic E-state index is -1.23. The van der Waals surface area contributed by atoms with Crippen LogP contribution in [0.1, 0.15) is 66.7 Å². The highest BCUT2D eigenvalue weighted by Crippen LogP contribution is 2.54. The second-order valence-electron chi connectivity index (χ2n) is 13.9. The maximum absolute atomic E-state index is 13.7. The number of esters is 4. The fraction of sp³-hybridized carbons (Fsp3) is 0.357. The lowest BCUT2D eigenvalue weighted by molar-refractivity contribution is -0.141. The van der Waals surface area contributed by atoms with E-state index in [1.165, 1.54) is 28.4 Å². The van der Waals surface area contributed by atoms with E-state index in [0.29, 0.717) is 75.2 Å². The molecule has 286 valence electrons. The van der Waals surface area contributed by atoms with Gasteiger partial charge in [0.2, 0.25) is 0 Å².